The number of benzene rings is 1. The van der Waals surface area contributed by atoms with E-state index in [1.54, 1.807) is 36.0 Å². The molecule has 1 aromatic carbocycles. The number of furan rings is 1. The van der Waals surface area contributed by atoms with Crippen LogP contribution in [0.4, 0.5) is 0 Å². The smallest absolute Gasteiger partial charge is 0.116 e. The van der Waals surface area contributed by atoms with Crippen LogP contribution in [0.3, 0.4) is 0 Å². The van der Waals surface area contributed by atoms with E-state index in [9.17, 15) is 5.11 Å². The van der Waals surface area contributed by atoms with Crippen LogP contribution in [0.25, 0.3) is 21.2 Å². The molecule has 0 saturated carbocycles. The monoisotopic (exact) mass is 216 g/mol. The Morgan fingerprint density at radius 2 is 2.13 bits per heavy atom. The largest absolute Gasteiger partial charge is 0.508 e. The molecular formula is C12H8O2S. The van der Waals surface area contributed by atoms with Crippen LogP contribution in [0.5, 0.6) is 5.75 Å². The third kappa shape index (κ3) is 1.32. The molecule has 2 nitrogen and oxygen atoms in total. The Kier molecular flexibility index (Phi) is 1.79. The molecule has 74 valence electrons. The van der Waals surface area contributed by atoms with Gasteiger partial charge in [-0.3, -0.25) is 0 Å². The quantitative estimate of drug-likeness (QED) is 0.670. The van der Waals surface area contributed by atoms with E-state index in [-0.39, 0.29) is 5.75 Å². The lowest BCUT2D eigenvalue weighted by atomic mass is 10.1. The minimum absolute atomic E-state index is 0.287. The number of rotatable bonds is 1. The summed E-state index contributed by atoms with van der Waals surface area (Å²) in [4.78, 5) is 0. The van der Waals surface area contributed by atoms with Gasteiger partial charge in [0.05, 0.1) is 11.0 Å². The van der Waals surface area contributed by atoms with Crippen molar-refractivity contribution in [3.63, 3.8) is 0 Å². The van der Waals surface area contributed by atoms with Crippen molar-refractivity contribution >= 4 is 21.4 Å². The second-order valence-corrected chi connectivity index (χ2v) is 4.26. The van der Waals surface area contributed by atoms with Crippen molar-refractivity contribution in [2.24, 2.45) is 0 Å². The highest BCUT2D eigenvalue weighted by atomic mass is 32.1. The topological polar surface area (TPSA) is 33.4 Å². The molecule has 3 aromatic rings. The predicted octanol–water partition coefficient (Wildman–Crippen LogP) is 3.87. The zero-order valence-electron chi connectivity index (χ0n) is 7.81. The third-order valence-electron chi connectivity index (χ3n) is 2.38. The Bertz CT molecular complexity index is 607. The normalized spacial score (nSPS) is 10.9. The SMILES string of the molecule is Oc1cccc(-c2csc3cocc23)c1. The van der Waals surface area contributed by atoms with Crippen molar-refractivity contribution < 1.29 is 9.52 Å². The van der Waals surface area contributed by atoms with E-state index < -0.39 is 0 Å². The van der Waals surface area contributed by atoms with Gasteiger partial charge in [0.2, 0.25) is 0 Å². The number of aromatic hydroxyl groups is 1. The lowest BCUT2D eigenvalue weighted by molar-refractivity contribution is 0.475. The van der Waals surface area contributed by atoms with E-state index in [1.807, 2.05) is 12.1 Å². The highest BCUT2D eigenvalue weighted by molar-refractivity contribution is 7.17. The van der Waals surface area contributed by atoms with Gasteiger partial charge in [0, 0.05) is 16.3 Å². The van der Waals surface area contributed by atoms with Crippen LogP contribution in [0, 0.1) is 0 Å². The fraction of sp³-hybridized carbons (Fsp3) is 0. The van der Waals surface area contributed by atoms with Crippen molar-refractivity contribution in [2.75, 3.05) is 0 Å². The molecule has 2 heterocycles. The number of phenolic OH excluding ortho intramolecular Hbond substituents is 1. The van der Waals surface area contributed by atoms with Crippen LogP contribution < -0.4 is 0 Å². The van der Waals surface area contributed by atoms with Crippen LogP contribution in [0.15, 0.2) is 46.6 Å². The maximum Gasteiger partial charge on any atom is 0.116 e. The first-order chi connectivity index (χ1) is 7.34. The second-order valence-electron chi connectivity index (χ2n) is 3.35. The van der Waals surface area contributed by atoms with Gasteiger partial charge in [0.25, 0.3) is 0 Å². The highest BCUT2D eigenvalue weighted by Gasteiger charge is 2.08. The van der Waals surface area contributed by atoms with Gasteiger partial charge in [-0.25, -0.2) is 0 Å². The van der Waals surface area contributed by atoms with Crippen LogP contribution in [-0.2, 0) is 0 Å². The minimum Gasteiger partial charge on any atom is -0.508 e. The Balaban J connectivity index is 2.26. The molecule has 0 bridgehead atoms. The molecule has 0 aliphatic heterocycles. The molecule has 0 aliphatic carbocycles. The molecule has 0 unspecified atom stereocenters. The van der Waals surface area contributed by atoms with Gasteiger partial charge in [0.15, 0.2) is 0 Å². The van der Waals surface area contributed by atoms with Crippen molar-refractivity contribution in [1.82, 2.24) is 0 Å². The standard InChI is InChI=1S/C12H8O2S/c13-9-3-1-2-8(4-9)11-7-15-12-6-14-5-10(11)12/h1-7,13H. The van der Waals surface area contributed by atoms with Gasteiger partial charge in [-0.05, 0) is 17.7 Å². The van der Waals surface area contributed by atoms with E-state index in [0.717, 1.165) is 21.2 Å². The third-order valence-corrected chi connectivity index (χ3v) is 3.30. The van der Waals surface area contributed by atoms with Gasteiger partial charge in [-0.2, -0.15) is 0 Å². The van der Waals surface area contributed by atoms with Crippen molar-refractivity contribution in [3.8, 4) is 16.9 Å². The minimum atomic E-state index is 0.287. The summed E-state index contributed by atoms with van der Waals surface area (Å²) >= 11 is 1.65. The highest BCUT2D eigenvalue weighted by Crippen LogP contribution is 2.35. The lowest BCUT2D eigenvalue weighted by Crippen LogP contribution is -1.73. The average Bonchev–Trinajstić information content (AvgIpc) is 2.77. The van der Waals surface area contributed by atoms with Crippen LogP contribution in [-0.4, -0.2) is 5.11 Å². The number of thiophene rings is 1. The predicted molar refractivity (Wildman–Crippen MR) is 61.2 cm³/mol. The van der Waals surface area contributed by atoms with Crippen LogP contribution in [0.2, 0.25) is 0 Å². The molecule has 1 N–H and O–H groups in total. The summed E-state index contributed by atoms with van der Waals surface area (Å²) in [6, 6.07) is 7.25. The first-order valence-electron chi connectivity index (χ1n) is 4.57. The summed E-state index contributed by atoms with van der Waals surface area (Å²) in [5.41, 5.74) is 2.13. The maximum atomic E-state index is 9.41. The summed E-state index contributed by atoms with van der Waals surface area (Å²) in [7, 11) is 0. The molecule has 0 saturated heterocycles. The number of fused-ring (bicyclic) bond motifs is 1. The van der Waals surface area contributed by atoms with Crippen molar-refractivity contribution in [2.45, 2.75) is 0 Å². The molecule has 0 aliphatic rings. The molecule has 0 atom stereocenters. The number of hydrogen-bond acceptors (Lipinski definition) is 3. The fourth-order valence-electron chi connectivity index (χ4n) is 1.66. The summed E-state index contributed by atoms with van der Waals surface area (Å²) in [5, 5.41) is 12.6. The zero-order chi connectivity index (χ0) is 10.3. The second kappa shape index (κ2) is 3.14. The van der Waals surface area contributed by atoms with E-state index in [1.165, 1.54) is 0 Å². The molecule has 3 rings (SSSR count). The van der Waals surface area contributed by atoms with Crippen molar-refractivity contribution in [1.29, 1.82) is 0 Å². The zero-order valence-corrected chi connectivity index (χ0v) is 8.62. The number of hydrogen-bond donors (Lipinski definition) is 1. The Labute approximate surface area is 90.4 Å². The fourth-order valence-corrected chi connectivity index (χ4v) is 2.56. The summed E-state index contributed by atoms with van der Waals surface area (Å²) in [5.74, 6) is 0.287. The summed E-state index contributed by atoms with van der Waals surface area (Å²) in [6.45, 7) is 0. The lowest BCUT2D eigenvalue weighted by Gasteiger charge is -1.98. The van der Waals surface area contributed by atoms with Crippen LogP contribution >= 0.6 is 11.3 Å². The van der Waals surface area contributed by atoms with Gasteiger partial charge in [-0.1, -0.05) is 12.1 Å². The molecule has 2 aromatic heterocycles. The van der Waals surface area contributed by atoms with Gasteiger partial charge in [0.1, 0.15) is 12.0 Å². The van der Waals surface area contributed by atoms with E-state index in [4.69, 9.17) is 4.42 Å². The Morgan fingerprint density at radius 1 is 1.20 bits per heavy atom. The Morgan fingerprint density at radius 3 is 3.00 bits per heavy atom. The van der Waals surface area contributed by atoms with Crippen LogP contribution in [0.1, 0.15) is 0 Å². The molecule has 15 heavy (non-hydrogen) atoms. The van der Waals surface area contributed by atoms with Gasteiger partial charge < -0.3 is 9.52 Å². The molecule has 0 radical (unpaired) electrons. The average molecular weight is 216 g/mol. The van der Waals surface area contributed by atoms with E-state index >= 15 is 0 Å². The molecule has 0 fully saturated rings. The number of phenols is 1. The maximum absolute atomic E-state index is 9.41. The van der Waals surface area contributed by atoms with Gasteiger partial charge in [-0.15, -0.1) is 11.3 Å². The van der Waals surface area contributed by atoms with Crippen molar-refractivity contribution in [3.05, 3.63) is 42.2 Å². The molecule has 0 spiro atoms. The summed E-state index contributed by atoms with van der Waals surface area (Å²) < 4.78 is 6.28. The van der Waals surface area contributed by atoms with E-state index in [2.05, 4.69) is 5.38 Å². The first kappa shape index (κ1) is 8.56. The van der Waals surface area contributed by atoms with Gasteiger partial charge >= 0.3 is 0 Å². The molecule has 3 heteroatoms. The molecular weight excluding hydrogens is 208 g/mol. The van der Waals surface area contributed by atoms with E-state index in [0.29, 0.717) is 0 Å². The molecule has 0 amide bonds. The summed E-state index contributed by atoms with van der Waals surface area (Å²) in [6.07, 6.45) is 3.48. The first-order valence-corrected chi connectivity index (χ1v) is 5.45. The Hall–Kier alpha value is -1.74.